The Balaban J connectivity index is 2.11. The number of rotatable bonds is 4. The summed E-state index contributed by atoms with van der Waals surface area (Å²) in [4.78, 5) is 28.7. The number of nitrogens with two attached hydrogens (primary N) is 1. The van der Waals surface area contributed by atoms with E-state index in [-0.39, 0.29) is 12.5 Å². The standard InChI is InChI=1S/C14H12N4O2S/c15-10(19)8-17-13(20)12-11(18-6-1-2-7-18)9-4-3-5-16-14(9)21-12/h1-7H,8H2,(H2,15,19)(H,17,20). The molecule has 0 spiro atoms. The molecule has 0 radical (unpaired) electrons. The molecule has 0 saturated heterocycles. The molecule has 6 nitrogen and oxygen atoms in total. The second-order valence-electron chi connectivity index (χ2n) is 4.38. The normalized spacial score (nSPS) is 10.7. The Morgan fingerprint density at radius 2 is 2.05 bits per heavy atom. The average molecular weight is 300 g/mol. The summed E-state index contributed by atoms with van der Waals surface area (Å²) in [6.45, 7) is -0.189. The van der Waals surface area contributed by atoms with Crippen molar-refractivity contribution in [2.24, 2.45) is 5.73 Å². The van der Waals surface area contributed by atoms with Gasteiger partial charge >= 0.3 is 0 Å². The maximum atomic E-state index is 12.3. The van der Waals surface area contributed by atoms with Gasteiger partial charge in [0.1, 0.15) is 9.71 Å². The van der Waals surface area contributed by atoms with Crippen molar-refractivity contribution in [2.75, 3.05) is 6.54 Å². The van der Waals surface area contributed by atoms with Crippen LogP contribution in [0.4, 0.5) is 0 Å². The minimum absolute atomic E-state index is 0.189. The van der Waals surface area contributed by atoms with Crippen molar-refractivity contribution < 1.29 is 9.59 Å². The van der Waals surface area contributed by atoms with E-state index in [0.717, 1.165) is 15.9 Å². The average Bonchev–Trinajstić information content (AvgIpc) is 3.10. The van der Waals surface area contributed by atoms with Crippen molar-refractivity contribution in [1.82, 2.24) is 14.9 Å². The van der Waals surface area contributed by atoms with Crippen molar-refractivity contribution in [3.63, 3.8) is 0 Å². The van der Waals surface area contributed by atoms with Crippen LogP contribution < -0.4 is 11.1 Å². The molecule has 3 aromatic rings. The van der Waals surface area contributed by atoms with E-state index in [9.17, 15) is 9.59 Å². The first-order valence-corrected chi connectivity index (χ1v) is 7.06. The van der Waals surface area contributed by atoms with E-state index in [4.69, 9.17) is 5.73 Å². The fourth-order valence-corrected chi connectivity index (χ4v) is 3.12. The number of primary amides is 1. The highest BCUT2D eigenvalue weighted by atomic mass is 32.1. The second kappa shape index (κ2) is 5.37. The van der Waals surface area contributed by atoms with Crippen LogP contribution in [0.15, 0.2) is 42.9 Å². The Morgan fingerprint density at radius 3 is 2.76 bits per heavy atom. The molecule has 3 aromatic heterocycles. The van der Waals surface area contributed by atoms with Crippen LogP contribution in [-0.2, 0) is 4.79 Å². The van der Waals surface area contributed by atoms with Gasteiger partial charge in [0.15, 0.2) is 0 Å². The fraction of sp³-hybridized carbons (Fsp3) is 0.0714. The number of hydrogen-bond donors (Lipinski definition) is 2. The number of fused-ring (bicyclic) bond motifs is 1. The summed E-state index contributed by atoms with van der Waals surface area (Å²) in [5.74, 6) is -0.911. The monoisotopic (exact) mass is 300 g/mol. The van der Waals surface area contributed by atoms with E-state index < -0.39 is 5.91 Å². The van der Waals surface area contributed by atoms with Gasteiger partial charge in [0.05, 0.1) is 12.2 Å². The molecule has 0 unspecified atom stereocenters. The van der Waals surface area contributed by atoms with Gasteiger partial charge in [-0.15, -0.1) is 11.3 Å². The van der Waals surface area contributed by atoms with Crippen molar-refractivity contribution in [1.29, 1.82) is 0 Å². The first-order chi connectivity index (χ1) is 10.2. The second-order valence-corrected chi connectivity index (χ2v) is 5.37. The van der Waals surface area contributed by atoms with E-state index in [1.54, 1.807) is 6.20 Å². The van der Waals surface area contributed by atoms with Crippen LogP contribution in [-0.4, -0.2) is 27.9 Å². The lowest BCUT2D eigenvalue weighted by Gasteiger charge is -2.06. The lowest BCUT2D eigenvalue weighted by atomic mass is 10.2. The summed E-state index contributed by atoms with van der Waals surface area (Å²) in [5, 5.41) is 3.41. The molecular formula is C14H12N4O2S. The molecule has 21 heavy (non-hydrogen) atoms. The Bertz CT molecular complexity index is 808. The summed E-state index contributed by atoms with van der Waals surface area (Å²) in [5.41, 5.74) is 5.82. The van der Waals surface area contributed by atoms with E-state index >= 15 is 0 Å². The van der Waals surface area contributed by atoms with E-state index in [0.29, 0.717) is 4.88 Å². The maximum absolute atomic E-state index is 12.3. The Morgan fingerprint density at radius 1 is 1.29 bits per heavy atom. The number of pyridine rings is 1. The number of amides is 2. The molecule has 0 aliphatic rings. The molecular weight excluding hydrogens is 288 g/mol. The number of nitrogens with zero attached hydrogens (tertiary/aromatic N) is 2. The van der Waals surface area contributed by atoms with Gasteiger partial charge in [-0.25, -0.2) is 4.98 Å². The molecule has 7 heteroatoms. The van der Waals surface area contributed by atoms with Crippen LogP contribution in [0.3, 0.4) is 0 Å². The number of carbonyl (C=O) groups is 2. The number of carbonyl (C=O) groups excluding carboxylic acids is 2. The van der Waals surface area contributed by atoms with Crippen molar-refractivity contribution in [3.8, 4) is 5.69 Å². The smallest absolute Gasteiger partial charge is 0.264 e. The van der Waals surface area contributed by atoms with E-state index in [1.807, 2.05) is 41.2 Å². The Hall–Kier alpha value is -2.67. The molecule has 0 atom stereocenters. The van der Waals surface area contributed by atoms with Crippen LogP contribution in [0.2, 0.25) is 0 Å². The zero-order valence-corrected chi connectivity index (χ0v) is 11.8. The first-order valence-electron chi connectivity index (χ1n) is 6.24. The molecule has 0 bridgehead atoms. The summed E-state index contributed by atoms with van der Waals surface area (Å²) < 4.78 is 1.86. The highest BCUT2D eigenvalue weighted by molar-refractivity contribution is 7.21. The van der Waals surface area contributed by atoms with Crippen LogP contribution in [0.5, 0.6) is 0 Å². The number of nitrogens with one attached hydrogen (secondary N) is 1. The molecule has 3 rings (SSSR count). The lowest BCUT2D eigenvalue weighted by Crippen LogP contribution is -2.33. The Kier molecular flexibility index (Phi) is 3.41. The van der Waals surface area contributed by atoms with Crippen LogP contribution in [0.1, 0.15) is 9.67 Å². The molecule has 0 aromatic carbocycles. The predicted molar refractivity (Wildman–Crippen MR) is 80.5 cm³/mol. The van der Waals surface area contributed by atoms with Gasteiger partial charge in [0.2, 0.25) is 5.91 Å². The van der Waals surface area contributed by atoms with Crippen molar-refractivity contribution >= 4 is 33.4 Å². The first kappa shape index (κ1) is 13.3. The summed E-state index contributed by atoms with van der Waals surface area (Å²) in [7, 11) is 0. The third kappa shape index (κ3) is 2.50. The highest BCUT2D eigenvalue weighted by Gasteiger charge is 2.20. The predicted octanol–water partition coefficient (Wildman–Crippen LogP) is 1.30. The minimum Gasteiger partial charge on any atom is -0.368 e. The molecule has 0 aliphatic heterocycles. The van der Waals surface area contributed by atoms with Crippen LogP contribution in [0.25, 0.3) is 15.9 Å². The third-order valence-electron chi connectivity index (χ3n) is 2.93. The third-order valence-corrected chi connectivity index (χ3v) is 4.03. The van der Waals surface area contributed by atoms with Gasteiger partial charge in [0.25, 0.3) is 5.91 Å². The van der Waals surface area contributed by atoms with Crippen LogP contribution >= 0.6 is 11.3 Å². The molecule has 106 valence electrons. The zero-order valence-electron chi connectivity index (χ0n) is 10.9. The topological polar surface area (TPSA) is 90.0 Å². The molecule has 0 saturated carbocycles. The summed E-state index contributed by atoms with van der Waals surface area (Å²) >= 11 is 1.29. The summed E-state index contributed by atoms with van der Waals surface area (Å²) in [6, 6.07) is 7.50. The molecule has 3 heterocycles. The van der Waals surface area contributed by atoms with Gasteiger partial charge in [0, 0.05) is 24.0 Å². The largest absolute Gasteiger partial charge is 0.368 e. The van der Waals surface area contributed by atoms with Crippen molar-refractivity contribution in [3.05, 3.63) is 47.7 Å². The summed E-state index contributed by atoms with van der Waals surface area (Å²) in [6.07, 6.45) is 5.40. The van der Waals surface area contributed by atoms with Crippen LogP contribution in [0, 0.1) is 0 Å². The molecule has 0 aliphatic carbocycles. The van der Waals surface area contributed by atoms with Gasteiger partial charge in [-0.3, -0.25) is 9.59 Å². The van der Waals surface area contributed by atoms with Gasteiger partial charge in [-0.1, -0.05) is 0 Å². The SMILES string of the molecule is NC(=O)CNC(=O)c1sc2ncccc2c1-n1cccc1. The van der Waals surface area contributed by atoms with Crippen molar-refractivity contribution in [2.45, 2.75) is 0 Å². The van der Waals surface area contributed by atoms with Gasteiger partial charge < -0.3 is 15.6 Å². The molecule has 3 N–H and O–H groups in total. The zero-order chi connectivity index (χ0) is 14.8. The minimum atomic E-state index is -0.579. The lowest BCUT2D eigenvalue weighted by molar-refractivity contribution is -0.117. The quantitative estimate of drug-likeness (QED) is 0.761. The number of aromatic nitrogens is 2. The number of hydrogen-bond acceptors (Lipinski definition) is 4. The Labute approximate surface area is 124 Å². The van der Waals surface area contributed by atoms with Gasteiger partial charge in [-0.2, -0.15) is 0 Å². The maximum Gasteiger partial charge on any atom is 0.264 e. The number of thiophene rings is 1. The van der Waals surface area contributed by atoms with Gasteiger partial charge in [-0.05, 0) is 24.3 Å². The fourth-order valence-electron chi connectivity index (χ4n) is 2.06. The highest BCUT2D eigenvalue weighted by Crippen LogP contribution is 2.32. The molecule has 2 amide bonds. The van der Waals surface area contributed by atoms with E-state index in [2.05, 4.69) is 10.3 Å². The van der Waals surface area contributed by atoms with E-state index in [1.165, 1.54) is 11.3 Å². The molecule has 0 fully saturated rings.